The topological polar surface area (TPSA) is 67.3 Å². The second-order valence-corrected chi connectivity index (χ2v) is 23.3. The molecule has 5 aromatic heterocycles. The average Bonchev–Trinajstić information content (AvgIpc) is 3.57. The third kappa shape index (κ3) is 6.58. The highest BCUT2D eigenvalue weighted by atomic mass is 32.1. The minimum atomic E-state index is -0.192. The van der Waals surface area contributed by atoms with Gasteiger partial charge in [0.05, 0.1) is 71.8 Å². The minimum Gasteiger partial charge on any atom is -0.306 e. The van der Waals surface area contributed by atoms with E-state index in [1.54, 1.807) is 11.3 Å². The Morgan fingerprint density at radius 3 is 1.49 bits per heavy atom. The van der Waals surface area contributed by atoms with Crippen molar-refractivity contribution in [2.24, 2.45) is 0 Å². The van der Waals surface area contributed by atoms with Crippen LogP contribution in [-0.2, 0) is 5.41 Å². The lowest BCUT2D eigenvalue weighted by Crippen LogP contribution is -2.17. The van der Waals surface area contributed by atoms with Gasteiger partial charge in [-0.3, -0.25) is 0 Å². The molecule has 6 nitrogen and oxygen atoms in total. The first kappa shape index (κ1) is 47.4. The van der Waals surface area contributed by atoms with Crippen molar-refractivity contribution >= 4 is 131 Å². The van der Waals surface area contributed by atoms with Gasteiger partial charge in [-0.25, -0.2) is 0 Å². The number of benzene rings is 10. The Labute approximate surface area is 470 Å². The smallest absolute Gasteiger partial charge is 0.104 e. The maximum atomic E-state index is 12.8. The van der Waals surface area contributed by atoms with Gasteiger partial charge in [0.2, 0.25) is 0 Å². The molecule has 0 radical (unpaired) electrons. The van der Waals surface area contributed by atoms with Gasteiger partial charge >= 0.3 is 0 Å². The highest BCUT2D eigenvalue weighted by Crippen LogP contribution is 2.51. The molecule has 0 unspecified atom stereocenters. The summed E-state index contributed by atoms with van der Waals surface area (Å²) in [6.07, 6.45) is 1.89. The highest BCUT2D eigenvalue weighted by molar-refractivity contribution is 7.90. The molecule has 378 valence electrons. The molecule has 0 amide bonds. The lowest BCUT2D eigenvalue weighted by Gasteiger charge is -2.28. The Morgan fingerprint density at radius 1 is 0.463 bits per heavy atom. The number of nitriles is 2. The minimum absolute atomic E-state index is 0.192. The highest BCUT2D eigenvalue weighted by Gasteiger charge is 2.36. The lowest BCUT2D eigenvalue weighted by molar-refractivity contribution is 0.591. The second kappa shape index (κ2) is 17.6. The predicted molar refractivity (Wildman–Crippen MR) is 341 cm³/mol. The molecule has 80 heavy (non-hydrogen) atoms. The molecule has 15 aromatic rings. The van der Waals surface area contributed by atoms with E-state index in [1.807, 2.05) is 12.1 Å². The third-order valence-corrected chi connectivity index (χ3v) is 17.8. The van der Waals surface area contributed by atoms with E-state index in [1.165, 1.54) is 0 Å². The van der Waals surface area contributed by atoms with Crippen molar-refractivity contribution in [3.05, 3.63) is 241 Å². The standard InChI is InChI=1S/C72H48N6S2/c1-6-46-55-39-45(72(3,4)5)33-37-63(55)77(65(46)42(2)79)70-67(75-58-27-15-10-22-47(58)48-23-11-16-28-59(48)75)56(40-73)66(57(41-74)68(70)76-60-29-17-12-24-49(60)50-25-13-18-30-61(50)76)78-62-36-32-44(43-20-8-7-9-21-43)38-54(62)52-34-35-53-51-26-14-19-31-64(51)80-71(53)69(52)78/h6-39,79H,1-2H2,3-5H3. The number of hydrogen-bond acceptors (Lipinski definition) is 4. The molecule has 15 rings (SSSR count). The van der Waals surface area contributed by atoms with Crippen LogP contribution in [0.5, 0.6) is 0 Å². The Hall–Kier alpha value is -9.83. The summed E-state index contributed by atoms with van der Waals surface area (Å²) >= 11 is 6.95. The summed E-state index contributed by atoms with van der Waals surface area (Å²) in [5.74, 6) is 0. The first-order valence-corrected chi connectivity index (χ1v) is 28.0. The van der Waals surface area contributed by atoms with Crippen LogP contribution in [0.25, 0.3) is 141 Å². The number of thiophene rings is 1. The van der Waals surface area contributed by atoms with E-state index in [0.29, 0.717) is 44.5 Å². The van der Waals surface area contributed by atoms with Crippen LogP contribution in [0.4, 0.5) is 0 Å². The van der Waals surface area contributed by atoms with Gasteiger partial charge in [-0.15, -0.1) is 24.0 Å². The molecule has 0 atom stereocenters. The quantitative estimate of drug-likeness (QED) is 0.162. The monoisotopic (exact) mass is 1060 g/mol. The molecular formula is C72H48N6S2. The Kier molecular flexibility index (Phi) is 10.4. The van der Waals surface area contributed by atoms with Crippen LogP contribution in [0.2, 0.25) is 0 Å². The normalized spacial score (nSPS) is 12.1. The number of fused-ring (bicyclic) bond motifs is 14. The van der Waals surface area contributed by atoms with Crippen molar-refractivity contribution in [3.63, 3.8) is 0 Å². The van der Waals surface area contributed by atoms with Crippen LogP contribution >= 0.6 is 24.0 Å². The molecule has 0 aliphatic rings. The van der Waals surface area contributed by atoms with E-state index in [2.05, 4.69) is 258 Å². The number of aromatic nitrogens is 4. The molecule has 0 bridgehead atoms. The van der Waals surface area contributed by atoms with Gasteiger partial charge in [0.1, 0.15) is 23.3 Å². The number of para-hydroxylation sites is 4. The Morgan fingerprint density at radius 2 is 0.950 bits per heavy atom. The number of thiol groups is 1. The Bertz CT molecular complexity index is 5040. The maximum Gasteiger partial charge on any atom is 0.104 e. The fourth-order valence-corrected chi connectivity index (χ4v) is 14.4. The zero-order valence-corrected chi connectivity index (χ0v) is 45.8. The molecule has 0 aliphatic heterocycles. The van der Waals surface area contributed by atoms with Gasteiger partial charge in [0, 0.05) is 63.6 Å². The fraction of sp³-hybridized carbons (Fsp3) is 0.0556. The van der Waals surface area contributed by atoms with Crippen molar-refractivity contribution in [1.29, 1.82) is 10.5 Å². The van der Waals surface area contributed by atoms with Crippen molar-refractivity contribution in [2.75, 3.05) is 0 Å². The van der Waals surface area contributed by atoms with Gasteiger partial charge in [-0.2, -0.15) is 10.5 Å². The molecular weight excluding hydrogens is 1010 g/mol. The summed E-state index contributed by atoms with van der Waals surface area (Å²) in [5, 5.41) is 34.9. The van der Waals surface area contributed by atoms with Gasteiger partial charge < -0.3 is 18.3 Å². The third-order valence-electron chi connectivity index (χ3n) is 16.4. The summed E-state index contributed by atoms with van der Waals surface area (Å²) in [4.78, 5) is 0.500. The summed E-state index contributed by atoms with van der Waals surface area (Å²) < 4.78 is 11.2. The van der Waals surface area contributed by atoms with E-state index >= 15 is 0 Å². The van der Waals surface area contributed by atoms with Crippen molar-refractivity contribution < 1.29 is 0 Å². The zero-order chi connectivity index (χ0) is 54.3. The summed E-state index contributed by atoms with van der Waals surface area (Å²) in [5.41, 5.74) is 13.8. The molecule has 8 heteroatoms. The molecule has 0 spiro atoms. The van der Waals surface area contributed by atoms with Crippen LogP contribution in [0.1, 0.15) is 48.7 Å². The summed E-state index contributed by atoms with van der Waals surface area (Å²) in [6.45, 7) is 15.7. The Balaban J connectivity index is 1.27. The van der Waals surface area contributed by atoms with Gasteiger partial charge in [0.25, 0.3) is 0 Å². The van der Waals surface area contributed by atoms with Crippen LogP contribution < -0.4 is 0 Å². The fourth-order valence-electron chi connectivity index (χ4n) is 12.9. The molecule has 5 heterocycles. The van der Waals surface area contributed by atoms with Crippen LogP contribution in [0.3, 0.4) is 0 Å². The first-order chi connectivity index (χ1) is 39.1. The molecule has 0 N–H and O–H groups in total. The maximum absolute atomic E-state index is 12.8. The molecule has 0 fully saturated rings. The SMILES string of the molecule is C=Cc1c(C(=C)S)n(-c2c(-n3c4ccccc4c4ccccc43)c(C#N)c(-n3c4ccc(-c5ccccc5)cc4c4ccc5c6ccccc6sc5c43)c(C#N)c2-n2c3ccccc3c3ccccc32)c2ccc(C(C)(C)C)cc12. The molecule has 10 aromatic carbocycles. The van der Waals surface area contributed by atoms with E-state index in [-0.39, 0.29) is 5.41 Å². The zero-order valence-electron chi connectivity index (χ0n) is 44.1. The van der Waals surface area contributed by atoms with Crippen LogP contribution in [0, 0.1) is 22.7 Å². The first-order valence-electron chi connectivity index (χ1n) is 26.7. The van der Waals surface area contributed by atoms with Crippen molar-refractivity contribution in [3.8, 4) is 46.0 Å². The summed E-state index contributed by atoms with van der Waals surface area (Å²) in [7, 11) is 0. The number of rotatable bonds is 7. The van der Waals surface area contributed by atoms with E-state index in [0.717, 1.165) is 119 Å². The van der Waals surface area contributed by atoms with Crippen LogP contribution in [-0.4, -0.2) is 18.3 Å². The molecule has 0 aliphatic carbocycles. The summed E-state index contributed by atoms with van der Waals surface area (Å²) in [6, 6.07) is 76.3. The van der Waals surface area contributed by atoms with Crippen molar-refractivity contribution in [1.82, 2.24) is 18.3 Å². The van der Waals surface area contributed by atoms with E-state index in [9.17, 15) is 10.5 Å². The van der Waals surface area contributed by atoms with Gasteiger partial charge in [-0.05, 0) is 76.7 Å². The lowest BCUT2D eigenvalue weighted by atomic mass is 9.86. The van der Waals surface area contributed by atoms with Crippen molar-refractivity contribution in [2.45, 2.75) is 26.2 Å². The van der Waals surface area contributed by atoms with Gasteiger partial charge in [0.15, 0.2) is 0 Å². The number of nitrogens with zero attached hydrogens (tertiary/aromatic N) is 6. The molecule has 0 saturated heterocycles. The average molecular weight is 1060 g/mol. The number of hydrogen-bond donors (Lipinski definition) is 1. The molecule has 0 saturated carbocycles. The van der Waals surface area contributed by atoms with Gasteiger partial charge in [-0.1, -0.05) is 186 Å². The second-order valence-electron chi connectivity index (χ2n) is 21.7. The van der Waals surface area contributed by atoms with E-state index < -0.39 is 0 Å². The van der Waals surface area contributed by atoms with Crippen LogP contribution in [0.15, 0.2) is 213 Å². The predicted octanol–water partition coefficient (Wildman–Crippen LogP) is 19.5. The largest absolute Gasteiger partial charge is 0.306 e. The van der Waals surface area contributed by atoms with E-state index in [4.69, 9.17) is 12.6 Å².